The number of aromatic carboxylic acids is 1. The quantitative estimate of drug-likeness (QED) is 0.652. The first-order valence-corrected chi connectivity index (χ1v) is 7.89. The van der Waals surface area contributed by atoms with Crippen LogP contribution in [0.5, 0.6) is 5.75 Å². The summed E-state index contributed by atoms with van der Waals surface area (Å²) >= 11 is 2.73. The van der Waals surface area contributed by atoms with Gasteiger partial charge in [-0.3, -0.25) is 0 Å². The summed E-state index contributed by atoms with van der Waals surface area (Å²) in [6.07, 6.45) is 0. The molecule has 4 nitrogen and oxygen atoms in total. The van der Waals surface area contributed by atoms with E-state index in [9.17, 15) is 4.79 Å². The van der Waals surface area contributed by atoms with Gasteiger partial charge in [0.2, 0.25) is 0 Å². The standard InChI is InChI=1S/C14H15NO3S2/c1-9-3-5-11(6-4-9)18-7-8-19-14-15-10(2)12(20-14)13(16)17/h3-6H,7-8H2,1-2H3,(H,16,17). The SMILES string of the molecule is Cc1ccc(OCCSc2nc(C)c(C(=O)O)s2)cc1. The second-order valence-corrected chi connectivity index (χ2v) is 6.55. The van der Waals surface area contributed by atoms with Crippen molar-refractivity contribution in [2.45, 2.75) is 18.2 Å². The number of hydrogen-bond acceptors (Lipinski definition) is 5. The van der Waals surface area contributed by atoms with Crippen LogP contribution in [0.15, 0.2) is 28.6 Å². The highest BCUT2D eigenvalue weighted by Gasteiger charge is 2.13. The molecule has 0 fully saturated rings. The summed E-state index contributed by atoms with van der Waals surface area (Å²) < 4.78 is 6.38. The predicted molar refractivity (Wildman–Crippen MR) is 81.2 cm³/mol. The number of hydrogen-bond donors (Lipinski definition) is 1. The van der Waals surface area contributed by atoms with Crippen molar-refractivity contribution >= 4 is 29.1 Å². The molecule has 20 heavy (non-hydrogen) atoms. The molecule has 106 valence electrons. The van der Waals surface area contributed by atoms with Crippen LogP contribution in [0.3, 0.4) is 0 Å². The molecular formula is C14H15NO3S2. The fourth-order valence-electron chi connectivity index (χ4n) is 1.55. The Morgan fingerprint density at radius 2 is 2.05 bits per heavy atom. The lowest BCUT2D eigenvalue weighted by atomic mass is 10.2. The number of thiazole rings is 1. The Kier molecular flexibility index (Phi) is 5.03. The first-order chi connectivity index (χ1) is 9.56. The maximum atomic E-state index is 10.9. The molecule has 1 aromatic carbocycles. The molecule has 0 bridgehead atoms. The second kappa shape index (κ2) is 6.76. The summed E-state index contributed by atoms with van der Waals surface area (Å²) in [5.41, 5.74) is 1.77. The van der Waals surface area contributed by atoms with Crippen molar-refractivity contribution in [3.8, 4) is 5.75 Å². The Balaban J connectivity index is 1.80. The van der Waals surface area contributed by atoms with Crippen LogP contribution in [-0.4, -0.2) is 28.4 Å². The summed E-state index contributed by atoms with van der Waals surface area (Å²) in [4.78, 5) is 15.5. The van der Waals surface area contributed by atoms with E-state index in [1.165, 1.54) is 28.7 Å². The van der Waals surface area contributed by atoms with Gasteiger partial charge in [-0.05, 0) is 26.0 Å². The third kappa shape index (κ3) is 3.98. The van der Waals surface area contributed by atoms with E-state index in [-0.39, 0.29) is 0 Å². The van der Waals surface area contributed by atoms with Crippen molar-refractivity contribution in [1.29, 1.82) is 0 Å². The average Bonchev–Trinajstić information content (AvgIpc) is 2.78. The zero-order chi connectivity index (χ0) is 14.5. The largest absolute Gasteiger partial charge is 0.493 e. The highest BCUT2D eigenvalue weighted by molar-refractivity contribution is 8.01. The van der Waals surface area contributed by atoms with Gasteiger partial charge in [0, 0.05) is 5.75 Å². The van der Waals surface area contributed by atoms with Crippen molar-refractivity contribution in [2.75, 3.05) is 12.4 Å². The molecule has 0 saturated heterocycles. The molecular weight excluding hydrogens is 294 g/mol. The van der Waals surface area contributed by atoms with Gasteiger partial charge in [0.25, 0.3) is 0 Å². The van der Waals surface area contributed by atoms with E-state index in [4.69, 9.17) is 9.84 Å². The van der Waals surface area contributed by atoms with Crippen molar-refractivity contribution < 1.29 is 14.6 Å². The fraction of sp³-hybridized carbons (Fsp3) is 0.286. The normalized spacial score (nSPS) is 10.5. The van der Waals surface area contributed by atoms with Crippen LogP contribution in [0.4, 0.5) is 0 Å². The molecule has 0 aliphatic rings. The van der Waals surface area contributed by atoms with Crippen LogP contribution in [0, 0.1) is 13.8 Å². The highest BCUT2D eigenvalue weighted by atomic mass is 32.2. The smallest absolute Gasteiger partial charge is 0.347 e. The Bertz CT molecular complexity index is 593. The molecule has 0 unspecified atom stereocenters. The molecule has 0 radical (unpaired) electrons. The molecule has 0 saturated carbocycles. The van der Waals surface area contributed by atoms with Gasteiger partial charge in [-0.15, -0.1) is 11.3 Å². The molecule has 1 N–H and O–H groups in total. The molecule has 2 rings (SSSR count). The van der Waals surface area contributed by atoms with Gasteiger partial charge in [0.05, 0.1) is 12.3 Å². The van der Waals surface area contributed by atoms with Crippen LogP contribution in [0.2, 0.25) is 0 Å². The van der Waals surface area contributed by atoms with Crippen LogP contribution in [0.1, 0.15) is 20.9 Å². The number of ether oxygens (including phenoxy) is 1. The lowest BCUT2D eigenvalue weighted by molar-refractivity contribution is 0.0701. The van der Waals surface area contributed by atoms with Crippen LogP contribution in [0.25, 0.3) is 0 Å². The summed E-state index contributed by atoms with van der Waals surface area (Å²) in [6.45, 7) is 4.31. The molecule has 0 atom stereocenters. The number of aryl methyl sites for hydroxylation is 2. The maximum absolute atomic E-state index is 10.9. The summed E-state index contributed by atoms with van der Waals surface area (Å²) in [5.74, 6) is 0.667. The number of carboxylic acid groups (broad SMARTS) is 1. The number of aromatic nitrogens is 1. The van der Waals surface area contributed by atoms with Crippen LogP contribution >= 0.6 is 23.1 Å². The zero-order valence-corrected chi connectivity index (χ0v) is 12.9. The van der Waals surface area contributed by atoms with Crippen molar-refractivity contribution in [2.24, 2.45) is 0 Å². The van der Waals surface area contributed by atoms with E-state index in [0.717, 1.165) is 15.8 Å². The van der Waals surface area contributed by atoms with Gasteiger partial charge in [-0.25, -0.2) is 9.78 Å². The van der Waals surface area contributed by atoms with Gasteiger partial charge >= 0.3 is 5.97 Å². The molecule has 0 amide bonds. The summed E-state index contributed by atoms with van der Waals surface area (Å²) in [6, 6.07) is 7.89. The number of thioether (sulfide) groups is 1. The van der Waals surface area contributed by atoms with E-state index >= 15 is 0 Å². The van der Waals surface area contributed by atoms with Gasteiger partial charge in [-0.2, -0.15) is 0 Å². The molecule has 0 aliphatic heterocycles. The number of benzene rings is 1. The molecule has 0 aliphatic carbocycles. The first-order valence-electron chi connectivity index (χ1n) is 6.09. The summed E-state index contributed by atoms with van der Waals surface area (Å²) in [7, 11) is 0. The minimum Gasteiger partial charge on any atom is -0.493 e. The minimum absolute atomic E-state index is 0.312. The Morgan fingerprint density at radius 1 is 1.35 bits per heavy atom. The third-order valence-electron chi connectivity index (χ3n) is 2.57. The van der Waals surface area contributed by atoms with Crippen LogP contribution in [-0.2, 0) is 0 Å². The molecule has 1 heterocycles. The Labute approximate surface area is 125 Å². The van der Waals surface area contributed by atoms with E-state index in [0.29, 0.717) is 17.2 Å². The predicted octanol–water partition coefficient (Wildman–Crippen LogP) is 3.63. The van der Waals surface area contributed by atoms with Gasteiger partial charge in [0.15, 0.2) is 4.34 Å². The topological polar surface area (TPSA) is 59.4 Å². The monoisotopic (exact) mass is 309 g/mol. The first kappa shape index (κ1) is 14.9. The minimum atomic E-state index is -0.914. The van der Waals surface area contributed by atoms with E-state index in [1.54, 1.807) is 6.92 Å². The lowest BCUT2D eigenvalue weighted by Crippen LogP contribution is -1.99. The fourth-order valence-corrected chi connectivity index (χ4v) is 3.47. The van der Waals surface area contributed by atoms with Crippen LogP contribution < -0.4 is 4.74 Å². The Hall–Kier alpha value is -1.53. The van der Waals surface area contributed by atoms with E-state index < -0.39 is 5.97 Å². The van der Waals surface area contributed by atoms with Gasteiger partial charge in [0.1, 0.15) is 10.6 Å². The van der Waals surface area contributed by atoms with Gasteiger partial charge < -0.3 is 9.84 Å². The van der Waals surface area contributed by atoms with E-state index in [2.05, 4.69) is 4.98 Å². The number of rotatable bonds is 6. The van der Waals surface area contributed by atoms with Crippen molar-refractivity contribution in [1.82, 2.24) is 4.98 Å². The molecule has 0 spiro atoms. The Morgan fingerprint density at radius 3 is 2.65 bits per heavy atom. The number of carboxylic acids is 1. The maximum Gasteiger partial charge on any atom is 0.347 e. The van der Waals surface area contributed by atoms with Crippen molar-refractivity contribution in [3.05, 3.63) is 40.4 Å². The molecule has 1 aromatic heterocycles. The number of carbonyl (C=O) groups is 1. The molecule has 2 aromatic rings. The average molecular weight is 309 g/mol. The lowest BCUT2D eigenvalue weighted by Gasteiger charge is -2.05. The highest BCUT2D eigenvalue weighted by Crippen LogP contribution is 2.27. The van der Waals surface area contributed by atoms with E-state index in [1.807, 2.05) is 31.2 Å². The zero-order valence-electron chi connectivity index (χ0n) is 11.3. The summed E-state index contributed by atoms with van der Waals surface area (Å²) in [5, 5.41) is 8.96. The third-order valence-corrected chi connectivity index (χ3v) is 4.82. The van der Waals surface area contributed by atoms with Gasteiger partial charge in [-0.1, -0.05) is 29.5 Å². The molecule has 6 heteroatoms. The van der Waals surface area contributed by atoms with Crippen molar-refractivity contribution in [3.63, 3.8) is 0 Å². The second-order valence-electron chi connectivity index (χ2n) is 4.21. The number of nitrogens with zero attached hydrogens (tertiary/aromatic N) is 1.